The minimum Gasteiger partial charge on any atom is -0.394 e. The summed E-state index contributed by atoms with van der Waals surface area (Å²) in [5.41, 5.74) is 0. The number of carbonyl (C=O) groups excluding carboxylic acids is 1. The molecule has 8 N–H and O–H groups in total. The van der Waals surface area contributed by atoms with Crippen molar-refractivity contribution >= 4 is 16.3 Å². The predicted octanol–water partition coefficient (Wildman–Crippen LogP) is -5.43. The maximum atomic E-state index is 11.3. The van der Waals surface area contributed by atoms with Crippen LogP contribution in [-0.2, 0) is 33.6 Å². The van der Waals surface area contributed by atoms with E-state index >= 15 is 0 Å². The van der Waals surface area contributed by atoms with Crippen LogP contribution in [0, 0.1) is 0 Å². The van der Waals surface area contributed by atoms with E-state index in [1.165, 1.54) is 0 Å². The van der Waals surface area contributed by atoms with Crippen molar-refractivity contribution in [3.05, 3.63) is 0 Å². The summed E-state index contributed by atoms with van der Waals surface area (Å²) in [6.07, 6.45) is -15.7. The van der Waals surface area contributed by atoms with Gasteiger partial charge in [0.15, 0.2) is 12.6 Å². The Morgan fingerprint density at radius 2 is 1.57 bits per heavy atom. The first-order valence-electron chi connectivity index (χ1n) is 8.72. The number of aliphatic hydroxyl groups excluding tert-OH is 6. The third-order valence-corrected chi connectivity index (χ3v) is 5.05. The van der Waals surface area contributed by atoms with Crippen LogP contribution in [0.25, 0.3) is 0 Å². The summed E-state index contributed by atoms with van der Waals surface area (Å²) in [6.45, 7) is -0.559. The Bertz CT molecular complexity index is 690. The molecule has 16 heteroatoms. The number of carbonyl (C=O) groups is 1. The lowest BCUT2D eigenvalue weighted by molar-refractivity contribution is -0.343. The molecule has 0 aliphatic carbocycles. The number of hydrogen-bond donors (Lipinski definition) is 8. The minimum absolute atomic E-state index is 0.637. The summed E-state index contributed by atoms with van der Waals surface area (Å²) >= 11 is 0. The van der Waals surface area contributed by atoms with Crippen molar-refractivity contribution in [2.45, 2.75) is 68.3 Å². The van der Waals surface area contributed by atoms with Gasteiger partial charge in [-0.2, -0.15) is 8.42 Å². The largest absolute Gasteiger partial charge is 0.397 e. The number of amides is 1. The molecule has 0 aromatic rings. The SMILES string of the molecule is CC(=O)N[C@H]1C(O)O[C@H](CO)[C@@H](O[C@@H]2O[C@H](CO)[C@H](O)[C@H](OS(=O)(=O)O)[C@H]2O)[C@@H]1O. The van der Waals surface area contributed by atoms with Gasteiger partial charge in [0.1, 0.15) is 48.8 Å². The Kier molecular flexibility index (Phi) is 8.47. The summed E-state index contributed by atoms with van der Waals surface area (Å²) in [5, 5.41) is 61.8. The Morgan fingerprint density at radius 3 is 2.07 bits per heavy atom. The van der Waals surface area contributed by atoms with Gasteiger partial charge in [-0.05, 0) is 0 Å². The van der Waals surface area contributed by atoms with Gasteiger partial charge < -0.3 is 50.2 Å². The van der Waals surface area contributed by atoms with E-state index in [0.717, 1.165) is 6.92 Å². The van der Waals surface area contributed by atoms with Crippen molar-refractivity contribution in [1.29, 1.82) is 0 Å². The second kappa shape index (κ2) is 10.1. The van der Waals surface area contributed by atoms with E-state index in [1.807, 2.05) is 0 Å². The lowest BCUT2D eigenvalue weighted by Gasteiger charge is -2.46. The fourth-order valence-electron chi connectivity index (χ4n) is 3.21. The third-order valence-electron chi connectivity index (χ3n) is 4.59. The highest BCUT2D eigenvalue weighted by atomic mass is 32.3. The van der Waals surface area contributed by atoms with Gasteiger partial charge in [-0.1, -0.05) is 0 Å². The quantitative estimate of drug-likeness (QED) is 0.164. The molecule has 0 radical (unpaired) electrons. The summed E-state index contributed by atoms with van der Waals surface area (Å²) in [5.74, 6) is -0.637. The highest BCUT2D eigenvalue weighted by Crippen LogP contribution is 2.30. The van der Waals surface area contributed by atoms with Crippen LogP contribution in [0.15, 0.2) is 0 Å². The molecule has 30 heavy (non-hydrogen) atoms. The summed E-state index contributed by atoms with van der Waals surface area (Å²) in [6, 6.07) is -1.40. The zero-order chi connectivity index (χ0) is 22.8. The van der Waals surface area contributed by atoms with Crippen LogP contribution >= 0.6 is 0 Å². The first-order valence-corrected chi connectivity index (χ1v) is 10.1. The molecule has 15 nitrogen and oxygen atoms in total. The van der Waals surface area contributed by atoms with Crippen LogP contribution in [0.2, 0.25) is 0 Å². The maximum absolute atomic E-state index is 11.3. The smallest absolute Gasteiger partial charge is 0.394 e. The first kappa shape index (κ1) is 25.2. The standard InChI is InChI=1S/C14H25NO14S/c1-4(18)15-7-9(20)11(6(3-17)26-13(7)22)28-14-10(21)12(29-30(23,24)25)8(19)5(2-16)27-14/h5-14,16-17,19-22H,2-3H2,1H3,(H,15,18)(H,23,24,25)/t5-,6-,7-,8+,9-,10-,11-,12+,13?,14+/m1/s1. The minimum atomic E-state index is -5.14. The van der Waals surface area contributed by atoms with E-state index in [9.17, 15) is 43.9 Å². The van der Waals surface area contributed by atoms with Crippen LogP contribution in [-0.4, -0.2) is 124 Å². The molecular formula is C14H25NO14S. The Balaban J connectivity index is 2.26. The average molecular weight is 463 g/mol. The van der Waals surface area contributed by atoms with Crippen molar-refractivity contribution in [3.8, 4) is 0 Å². The monoisotopic (exact) mass is 463 g/mol. The third kappa shape index (κ3) is 5.81. The van der Waals surface area contributed by atoms with Gasteiger partial charge in [0.25, 0.3) is 0 Å². The molecule has 2 rings (SSSR count). The molecule has 0 bridgehead atoms. The van der Waals surface area contributed by atoms with Crippen LogP contribution in [0.3, 0.4) is 0 Å². The van der Waals surface area contributed by atoms with Gasteiger partial charge in [-0.25, -0.2) is 4.18 Å². The molecule has 2 aliphatic rings. The summed E-state index contributed by atoms with van der Waals surface area (Å²) < 4.78 is 50.8. The average Bonchev–Trinajstić information content (AvgIpc) is 2.65. The number of hydrogen-bond acceptors (Lipinski definition) is 13. The fraction of sp³-hybridized carbons (Fsp3) is 0.929. The normalized spacial score (nSPS) is 42.7. The molecule has 2 aliphatic heterocycles. The Hall–Kier alpha value is -1.02. The van der Waals surface area contributed by atoms with Crippen LogP contribution in [0.4, 0.5) is 0 Å². The highest BCUT2D eigenvalue weighted by Gasteiger charge is 2.52. The lowest BCUT2D eigenvalue weighted by atomic mass is 9.95. The molecule has 10 atom stereocenters. The van der Waals surface area contributed by atoms with Crippen LogP contribution in [0.5, 0.6) is 0 Å². The number of nitrogens with one attached hydrogen (secondary N) is 1. The number of ether oxygens (including phenoxy) is 3. The zero-order valence-corrected chi connectivity index (χ0v) is 16.4. The van der Waals surface area contributed by atoms with Crippen LogP contribution in [0.1, 0.15) is 6.92 Å². The lowest BCUT2D eigenvalue weighted by Crippen LogP contribution is -2.67. The number of rotatable bonds is 7. The number of aliphatic hydroxyl groups is 6. The molecule has 176 valence electrons. The van der Waals surface area contributed by atoms with Crippen molar-refractivity contribution in [2.75, 3.05) is 13.2 Å². The topological polar surface area (TPSA) is 242 Å². The van der Waals surface area contributed by atoms with Gasteiger partial charge in [0.2, 0.25) is 5.91 Å². The van der Waals surface area contributed by atoms with Crippen molar-refractivity contribution in [1.82, 2.24) is 5.32 Å². The van der Waals surface area contributed by atoms with Gasteiger partial charge >= 0.3 is 10.4 Å². The second-order valence-electron chi connectivity index (χ2n) is 6.76. The van der Waals surface area contributed by atoms with E-state index in [4.69, 9.17) is 18.8 Å². The van der Waals surface area contributed by atoms with Gasteiger partial charge in [-0.3, -0.25) is 9.35 Å². The fourth-order valence-corrected chi connectivity index (χ4v) is 3.72. The zero-order valence-electron chi connectivity index (χ0n) is 15.6. The Morgan fingerprint density at radius 1 is 0.967 bits per heavy atom. The maximum Gasteiger partial charge on any atom is 0.397 e. The molecule has 0 saturated carbocycles. The highest BCUT2D eigenvalue weighted by molar-refractivity contribution is 7.80. The first-order chi connectivity index (χ1) is 13.9. The predicted molar refractivity (Wildman–Crippen MR) is 90.6 cm³/mol. The molecule has 2 fully saturated rings. The van der Waals surface area contributed by atoms with Crippen molar-refractivity contribution in [2.24, 2.45) is 0 Å². The molecule has 0 aromatic carbocycles. The van der Waals surface area contributed by atoms with Gasteiger partial charge in [-0.15, -0.1) is 0 Å². The van der Waals surface area contributed by atoms with Gasteiger partial charge in [0.05, 0.1) is 13.2 Å². The van der Waals surface area contributed by atoms with E-state index in [-0.39, 0.29) is 0 Å². The van der Waals surface area contributed by atoms with E-state index in [2.05, 4.69) is 9.50 Å². The molecule has 2 saturated heterocycles. The van der Waals surface area contributed by atoms with Crippen LogP contribution < -0.4 is 5.32 Å². The molecule has 1 amide bonds. The molecule has 2 heterocycles. The van der Waals surface area contributed by atoms with Crippen molar-refractivity contribution in [3.63, 3.8) is 0 Å². The van der Waals surface area contributed by atoms with E-state index in [0.29, 0.717) is 0 Å². The Labute approximate surface area is 170 Å². The van der Waals surface area contributed by atoms with E-state index in [1.54, 1.807) is 0 Å². The molecule has 0 aromatic heterocycles. The second-order valence-corrected chi connectivity index (χ2v) is 7.81. The van der Waals surface area contributed by atoms with E-state index < -0.39 is 90.9 Å². The summed E-state index contributed by atoms with van der Waals surface area (Å²) in [4.78, 5) is 11.3. The molecular weight excluding hydrogens is 438 g/mol. The molecule has 1 unspecified atom stereocenters. The summed E-state index contributed by atoms with van der Waals surface area (Å²) in [7, 11) is -5.14. The van der Waals surface area contributed by atoms with Gasteiger partial charge in [0, 0.05) is 6.92 Å². The van der Waals surface area contributed by atoms with Crippen molar-refractivity contribution < 1.29 is 66.8 Å². The molecule has 0 spiro atoms.